The minimum atomic E-state index is -0.113. The number of H-pyrrole nitrogens is 1. The van der Waals surface area contributed by atoms with Gasteiger partial charge >= 0.3 is 5.69 Å². The van der Waals surface area contributed by atoms with Crippen molar-refractivity contribution in [2.45, 2.75) is 6.54 Å². The number of benzene rings is 1. The van der Waals surface area contributed by atoms with Crippen molar-refractivity contribution in [1.82, 2.24) is 9.55 Å². The molecule has 0 saturated heterocycles. The van der Waals surface area contributed by atoms with E-state index in [9.17, 15) is 4.79 Å². The van der Waals surface area contributed by atoms with Crippen molar-refractivity contribution >= 4 is 0 Å². The molecule has 3 rings (SSSR count). The highest BCUT2D eigenvalue weighted by atomic mass is 16.7. The Balaban J connectivity index is 1.91. The Morgan fingerprint density at radius 2 is 2.19 bits per heavy atom. The second kappa shape index (κ2) is 3.44. The van der Waals surface area contributed by atoms with E-state index in [4.69, 9.17) is 9.47 Å². The molecular weight excluding hydrogens is 208 g/mol. The van der Waals surface area contributed by atoms with Crippen LogP contribution in [0.5, 0.6) is 11.5 Å². The highest BCUT2D eigenvalue weighted by Crippen LogP contribution is 2.32. The van der Waals surface area contributed by atoms with E-state index >= 15 is 0 Å². The molecule has 0 unspecified atom stereocenters. The van der Waals surface area contributed by atoms with Crippen molar-refractivity contribution in [2.75, 3.05) is 6.79 Å². The van der Waals surface area contributed by atoms with Crippen LogP contribution in [0.15, 0.2) is 35.4 Å². The fourth-order valence-electron chi connectivity index (χ4n) is 1.71. The number of nitrogens with one attached hydrogen (secondary N) is 1. The summed E-state index contributed by atoms with van der Waals surface area (Å²) in [4.78, 5) is 13.9. The minimum absolute atomic E-state index is 0.113. The first-order valence-corrected chi connectivity index (χ1v) is 4.95. The Labute approximate surface area is 91.2 Å². The summed E-state index contributed by atoms with van der Waals surface area (Å²) >= 11 is 0. The molecule has 0 fully saturated rings. The number of ether oxygens (including phenoxy) is 2. The molecule has 0 amide bonds. The van der Waals surface area contributed by atoms with Gasteiger partial charge in [0.15, 0.2) is 11.5 Å². The second-order valence-corrected chi connectivity index (χ2v) is 3.58. The van der Waals surface area contributed by atoms with Gasteiger partial charge in [0.25, 0.3) is 0 Å². The Bertz CT molecular complexity index is 571. The van der Waals surface area contributed by atoms with Crippen LogP contribution in [0.3, 0.4) is 0 Å². The molecule has 16 heavy (non-hydrogen) atoms. The minimum Gasteiger partial charge on any atom is -0.454 e. The number of imidazole rings is 1. The lowest BCUT2D eigenvalue weighted by molar-refractivity contribution is 0.174. The summed E-state index contributed by atoms with van der Waals surface area (Å²) in [5.41, 5.74) is 0.892. The van der Waals surface area contributed by atoms with Crippen molar-refractivity contribution in [3.8, 4) is 11.5 Å². The van der Waals surface area contributed by atoms with E-state index in [0.717, 1.165) is 17.1 Å². The number of aromatic nitrogens is 2. The standard InChI is InChI=1S/C11H10N2O3/c14-11-12-3-4-13(11)6-8-1-2-9-10(5-8)16-7-15-9/h1-5H,6-7H2,(H,12,14). The molecule has 1 aromatic heterocycles. The number of hydrogen-bond acceptors (Lipinski definition) is 3. The molecule has 0 atom stereocenters. The van der Waals surface area contributed by atoms with Crippen LogP contribution in [0.1, 0.15) is 5.56 Å². The second-order valence-electron chi connectivity index (χ2n) is 3.58. The van der Waals surface area contributed by atoms with Gasteiger partial charge in [0.05, 0.1) is 6.54 Å². The summed E-state index contributed by atoms with van der Waals surface area (Å²) in [5.74, 6) is 1.49. The number of nitrogens with zero attached hydrogens (tertiary/aromatic N) is 1. The zero-order chi connectivity index (χ0) is 11.0. The van der Waals surface area contributed by atoms with E-state index in [1.165, 1.54) is 0 Å². The molecule has 0 saturated carbocycles. The van der Waals surface area contributed by atoms with Crippen LogP contribution in [-0.2, 0) is 6.54 Å². The maximum Gasteiger partial charge on any atom is 0.325 e. The number of fused-ring (bicyclic) bond motifs is 1. The Hall–Kier alpha value is -2.17. The maximum atomic E-state index is 11.3. The van der Waals surface area contributed by atoms with Gasteiger partial charge in [0.1, 0.15) is 0 Å². The first-order valence-electron chi connectivity index (χ1n) is 4.95. The molecule has 0 bridgehead atoms. The van der Waals surface area contributed by atoms with E-state index in [-0.39, 0.29) is 12.5 Å². The highest BCUT2D eigenvalue weighted by molar-refractivity contribution is 5.44. The van der Waals surface area contributed by atoms with Crippen LogP contribution in [-0.4, -0.2) is 16.3 Å². The summed E-state index contributed by atoms with van der Waals surface area (Å²) in [7, 11) is 0. The van der Waals surface area contributed by atoms with E-state index in [1.807, 2.05) is 18.2 Å². The fraction of sp³-hybridized carbons (Fsp3) is 0.182. The molecule has 1 aromatic carbocycles. The highest BCUT2D eigenvalue weighted by Gasteiger charge is 2.13. The maximum absolute atomic E-state index is 11.3. The van der Waals surface area contributed by atoms with Crippen molar-refractivity contribution in [3.63, 3.8) is 0 Å². The predicted molar refractivity (Wildman–Crippen MR) is 56.7 cm³/mol. The van der Waals surface area contributed by atoms with Crippen LogP contribution in [0.25, 0.3) is 0 Å². The fourth-order valence-corrected chi connectivity index (χ4v) is 1.71. The predicted octanol–water partition coefficient (Wildman–Crippen LogP) is 0.953. The van der Waals surface area contributed by atoms with Crippen LogP contribution < -0.4 is 15.2 Å². The van der Waals surface area contributed by atoms with Gasteiger partial charge in [-0.1, -0.05) is 6.07 Å². The smallest absolute Gasteiger partial charge is 0.325 e. The summed E-state index contributed by atoms with van der Waals surface area (Å²) < 4.78 is 12.1. The van der Waals surface area contributed by atoms with Gasteiger partial charge in [-0.05, 0) is 17.7 Å². The third kappa shape index (κ3) is 1.46. The third-order valence-corrected chi connectivity index (χ3v) is 2.51. The summed E-state index contributed by atoms with van der Waals surface area (Å²) in [6, 6.07) is 5.67. The monoisotopic (exact) mass is 218 g/mol. The van der Waals surface area contributed by atoms with Gasteiger partial charge in [-0.3, -0.25) is 4.57 Å². The van der Waals surface area contributed by atoms with Crippen LogP contribution in [0.4, 0.5) is 0 Å². The number of hydrogen-bond donors (Lipinski definition) is 1. The van der Waals surface area contributed by atoms with Gasteiger partial charge in [0.2, 0.25) is 6.79 Å². The lowest BCUT2D eigenvalue weighted by Gasteiger charge is -2.03. The average Bonchev–Trinajstić information content (AvgIpc) is 2.88. The molecule has 5 nitrogen and oxygen atoms in total. The molecule has 2 aromatic rings. The van der Waals surface area contributed by atoms with Crippen molar-refractivity contribution in [1.29, 1.82) is 0 Å². The SMILES string of the molecule is O=c1[nH]ccn1Cc1ccc2c(c1)OCO2. The number of aromatic amines is 1. The molecule has 0 aliphatic carbocycles. The zero-order valence-electron chi connectivity index (χ0n) is 8.47. The molecule has 0 spiro atoms. The third-order valence-electron chi connectivity index (χ3n) is 2.51. The van der Waals surface area contributed by atoms with E-state index < -0.39 is 0 Å². The Morgan fingerprint density at radius 3 is 3.00 bits per heavy atom. The van der Waals surface area contributed by atoms with Gasteiger partial charge in [-0.2, -0.15) is 0 Å². The van der Waals surface area contributed by atoms with Gasteiger partial charge in [0, 0.05) is 12.4 Å². The first kappa shape index (κ1) is 9.08. The van der Waals surface area contributed by atoms with E-state index in [1.54, 1.807) is 17.0 Å². The van der Waals surface area contributed by atoms with Crippen LogP contribution >= 0.6 is 0 Å². The molecular formula is C11H10N2O3. The topological polar surface area (TPSA) is 56.2 Å². The molecule has 1 aliphatic heterocycles. The lowest BCUT2D eigenvalue weighted by atomic mass is 10.2. The van der Waals surface area contributed by atoms with Crippen molar-refractivity contribution in [2.24, 2.45) is 0 Å². The molecule has 0 radical (unpaired) electrons. The summed E-state index contributed by atoms with van der Waals surface area (Å²) in [5, 5.41) is 0. The Morgan fingerprint density at radius 1 is 1.31 bits per heavy atom. The van der Waals surface area contributed by atoms with Crippen molar-refractivity contribution < 1.29 is 9.47 Å². The molecule has 2 heterocycles. The van der Waals surface area contributed by atoms with Gasteiger partial charge < -0.3 is 14.5 Å². The number of rotatable bonds is 2. The van der Waals surface area contributed by atoms with E-state index in [2.05, 4.69) is 4.98 Å². The van der Waals surface area contributed by atoms with Gasteiger partial charge in [-0.15, -0.1) is 0 Å². The molecule has 1 aliphatic rings. The molecule has 82 valence electrons. The largest absolute Gasteiger partial charge is 0.454 e. The summed E-state index contributed by atoms with van der Waals surface area (Å²) in [6.07, 6.45) is 3.34. The quantitative estimate of drug-likeness (QED) is 0.816. The normalized spacial score (nSPS) is 13.0. The molecule has 1 N–H and O–H groups in total. The first-order chi connectivity index (χ1) is 7.83. The average molecular weight is 218 g/mol. The van der Waals surface area contributed by atoms with E-state index in [0.29, 0.717) is 6.54 Å². The molecule has 5 heteroatoms. The van der Waals surface area contributed by atoms with Gasteiger partial charge in [-0.25, -0.2) is 4.79 Å². The summed E-state index contributed by atoms with van der Waals surface area (Å²) in [6.45, 7) is 0.794. The van der Waals surface area contributed by atoms with Crippen molar-refractivity contribution in [3.05, 3.63) is 46.6 Å². The van der Waals surface area contributed by atoms with Crippen LogP contribution in [0, 0.1) is 0 Å². The Kier molecular flexibility index (Phi) is 1.96. The van der Waals surface area contributed by atoms with Crippen LogP contribution in [0.2, 0.25) is 0 Å². The lowest BCUT2D eigenvalue weighted by Crippen LogP contribution is -2.16. The zero-order valence-corrected chi connectivity index (χ0v) is 8.47.